The van der Waals surface area contributed by atoms with Crippen molar-refractivity contribution >= 4 is 5.91 Å². The van der Waals surface area contributed by atoms with E-state index in [0.717, 1.165) is 18.5 Å². The molecule has 0 radical (unpaired) electrons. The molecule has 1 aromatic rings. The first-order valence-electron chi connectivity index (χ1n) is 6.92. The number of rotatable bonds is 3. The van der Waals surface area contributed by atoms with Gasteiger partial charge in [-0.3, -0.25) is 4.79 Å². The molecule has 0 bridgehead atoms. The van der Waals surface area contributed by atoms with E-state index in [1.165, 1.54) is 32.1 Å². The molecular formula is C14H22N2O2. The summed E-state index contributed by atoms with van der Waals surface area (Å²) in [7, 11) is 0. The molecule has 1 N–H and O–H groups in total. The molecule has 0 aliphatic heterocycles. The van der Waals surface area contributed by atoms with Crippen LogP contribution in [-0.2, 0) is 0 Å². The normalized spacial score (nSPS) is 17.7. The molecule has 0 atom stereocenters. The lowest BCUT2D eigenvalue weighted by molar-refractivity contribution is 0.0903. The molecule has 1 saturated carbocycles. The Labute approximate surface area is 108 Å². The predicted molar refractivity (Wildman–Crippen MR) is 69.5 cm³/mol. The Hall–Kier alpha value is -1.32. The van der Waals surface area contributed by atoms with Crippen molar-refractivity contribution in [3.05, 3.63) is 17.8 Å². The fraction of sp³-hybridized carbons (Fsp3) is 0.714. The van der Waals surface area contributed by atoms with E-state index < -0.39 is 0 Å². The number of amides is 1. The van der Waals surface area contributed by atoms with Crippen LogP contribution < -0.4 is 5.32 Å². The van der Waals surface area contributed by atoms with E-state index in [1.807, 2.05) is 13.8 Å². The third kappa shape index (κ3) is 3.12. The van der Waals surface area contributed by atoms with Gasteiger partial charge in [0, 0.05) is 6.04 Å². The lowest BCUT2D eigenvalue weighted by Crippen LogP contribution is -2.34. The summed E-state index contributed by atoms with van der Waals surface area (Å²) < 4.78 is 5.24. The molecule has 0 aromatic carbocycles. The minimum absolute atomic E-state index is 0.108. The van der Waals surface area contributed by atoms with Gasteiger partial charge in [0.15, 0.2) is 6.39 Å². The molecule has 4 nitrogen and oxygen atoms in total. The lowest BCUT2D eigenvalue weighted by Gasteiger charge is -2.15. The van der Waals surface area contributed by atoms with Gasteiger partial charge in [-0.05, 0) is 18.8 Å². The number of aromatic nitrogens is 1. The van der Waals surface area contributed by atoms with Crippen molar-refractivity contribution in [3.8, 4) is 0 Å². The number of hydrogen-bond acceptors (Lipinski definition) is 3. The number of nitrogens with zero attached hydrogens (tertiary/aromatic N) is 1. The van der Waals surface area contributed by atoms with Crippen LogP contribution in [0, 0.1) is 0 Å². The number of hydrogen-bond donors (Lipinski definition) is 1. The van der Waals surface area contributed by atoms with Gasteiger partial charge in [0.05, 0.1) is 5.69 Å². The molecule has 1 fully saturated rings. The van der Waals surface area contributed by atoms with Crippen LogP contribution >= 0.6 is 0 Å². The van der Waals surface area contributed by atoms with Crippen LogP contribution in [0.15, 0.2) is 10.8 Å². The third-order valence-corrected chi connectivity index (χ3v) is 3.54. The molecule has 18 heavy (non-hydrogen) atoms. The van der Waals surface area contributed by atoms with Crippen molar-refractivity contribution in [2.75, 3.05) is 0 Å². The Morgan fingerprint density at radius 2 is 2.00 bits per heavy atom. The Kier molecular flexibility index (Phi) is 4.39. The molecule has 2 rings (SSSR count). The van der Waals surface area contributed by atoms with E-state index in [4.69, 9.17) is 4.42 Å². The summed E-state index contributed by atoms with van der Waals surface area (Å²) in [6, 6.07) is 0.296. The van der Waals surface area contributed by atoms with Gasteiger partial charge in [0.25, 0.3) is 5.91 Å². The van der Waals surface area contributed by atoms with Crippen LogP contribution in [-0.4, -0.2) is 16.9 Å². The van der Waals surface area contributed by atoms with Gasteiger partial charge in [-0.1, -0.05) is 39.5 Å². The molecule has 1 heterocycles. The highest BCUT2D eigenvalue weighted by molar-refractivity contribution is 5.92. The minimum Gasteiger partial charge on any atom is -0.438 e. The van der Waals surface area contributed by atoms with Crippen LogP contribution in [0.25, 0.3) is 0 Å². The topological polar surface area (TPSA) is 55.1 Å². The van der Waals surface area contributed by atoms with E-state index in [0.29, 0.717) is 11.8 Å². The molecule has 0 unspecified atom stereocenters. The summed E-state index contributed by atoms with van der Waals surface area (Å²) in [5.41, 5.74) is 0.751. The third-order valence-electron chi connectivity index (χ3n) is 3.54. The summed E-state index contributed by atoms with van der Waals surface area (Å²) in [5.74, 6) is 0.482. The van der Waals surface area contributed by atoms with Crippen LogP contribution in [0.2, 0.25) is 0 Å². The van der Waals surface area contributed by atoms with Crippen molar-refractivity contribution in [1.29, 1.82) is 0 Å². The maximum atomic E-state index is 12.2. The van der Waals surface area contributed by atoms with E-state index in [1.54, 1.807) is 0 Å². The molecule has 1 aliphatic carbocycles. The molecule has 100 valence electrons. The molecule has 1 aliphatic rings. The smallest absolute Gasteiger partial charge is 0.289 e. The first-order valence-corrected chi connectivity index (χ1v) is 6.92. The van der Waals surface area contributed by atoms with Crippen LogP contribution in [0.5, 0.6) is 0 Å². The van der Waals surface area contributed by atoms with Crippen LogP contribution in [0.3, 0.4) is 0 Å². The highest BCUT2D eigenvalue weighted by Gasteiger charge is 2.22. The van der Waals surface area contributed by atoms with Crippen molar-refractivity contribution in [3.63, 3.8) is 0 Å². The average molecular weight is 250 g/mol. The first kappa shape index (κ1) is 13.1. The fourth-order valence-corrected chi connectivity index (χ4v) is 2.51. The highest BCUT2D eigenvalue weighted by atomic mass is 16.3. The monoisotopic (exact) mass is 250 g/mol. The molecule has 0 spiro atoms. The predicted octanol–water partition coefficient (Wildman–Crippen LogP) is 3.25. The van der Waals surface area contributed by atoms with E-state index >= 15 is 0 Å². The Morgan fingerprint density at radius 1 is 1.33 bits per heavy atom. The molecule has 1 amide bonds. The Morgan fingerprint density at radius 3 is 2.61 bits per heavy atom. The maximum Gasteiger partial charge on any atom is 0.289 e. The Bertz CT molecular complexity index is 390. The average Bonchev–Trinajstić information content (AvgIpc) is 2.70. The molecule has 4 heteroatoms. The highest BCUT2D eigenvalue weighted by Crippen LogP contribution is 2.20. The van der Waals surface area contributed by atoms with Gasteiger partial charge in [0.1, 0.15) is 0 Å². The van der Waals surface area contributed by atoms with Crippen molar-refractivity contribution < 1.29 is 9.21 Å². The summed E-state index contributed by atoms with van der Waals surface area (Å²) in [6.45, 7) is 4.03. The zero-order valence-corrected chi connectivity index (χ0v) is 11.2. The van der Waals surface area contributed by atoms with E-state index in [-0.39, 0.29) is 11.8 Å². The van der Waals surface area contributed by atoms with Gasteiger partial charge in [-0.25, -0.2) is 4.98 Å². The van der Waals surface area contributed by atoms with Gasteiger partial charge < -0.3 is 9.73 Å². The van der Waals surface area contributed by atoms with Gasteiger partial charge in [-0.15, -0.1) is 0 Å². The number of carbonyl (C=O) groups excluding carboxylic acids is 1. The summed E-state index contributed by atoms with van der Waals surface area (Å²) >= 11 is 0. The number of carbonyl (C=O) groups is 1. The van der Waals surface area contributed by atoms with Crippen molar-refractivity contribution in [2.45, 2.75) is 64.3 Å². The quantitative estimate of drug-likeness (QED) is 0.838. The minimum atomic E-state index is -0.108. The second kappa shape index (κ2) is 6.03. The van der Waals surface area contributed by atoms with E-state index in [9.17, 15) is 4.79 Å². The molecular weight excluding hydrogens is 228 g/mol. The second-order valence-electron chi connectivity index (χ2n) is 5.38. The van der Waals surface area contributed by atoms with Gasteiger partial charge >= 0.3 is 0 Å². The first-order chi connectivity index (χ1) is 8.68. The number of oxazole rings is 1. The number of nitrogens with one attached hydrogen (secondary N) is 1. The van der Waals surface area contributed by atoms with E-state index in [2.05, 4.69) is 10.3 Å². The maximum absolute atomic E-state index is 12.2. The lowest BCUT2D eigenvalue weighted by atomic mass is 10.1. The van der Waals surface area contributed by atoms with Crippen molar-refractivity contribution in [2.24, 2.45) is 0 Å². The summed E-state index contributed by atoms with van der Waals surface area (Å²) in [4.78, 5) is 16.3. The summed E-state index contributed by atoms with van der Waals surface area (Å²) in [5, 5.41) is 3.08. The summed E-state index contributed by atoms with van der Waals surface area (Å²) in [6.07, 6.45) is 8.50. The van der Waals surface area contributed by atoms with Gasteiger partial charge in [-0.2, -0.15) is 0 Å². The van der Waals surface area contributed by atoms with Crippen LogP contribution in [0.1, 0.15) is 74.5 Å². The zero-order chi connectivity index (χ0) is 13.0. The molecule has 0 saturated heterocycles. The van der Waals surface area contributed by atoms with Crippen LogP contribution in [0.4, 0.5) is 0 Å². The van der Waals surface area contributed by atoms with Gasteiger partial charge in [0.2, 0.25) is 5.76 Å². The Balaban J connectivity index is 2.00. The SMILES string of the molecule is CC(C)c1ncoc1C(=O)NC1CCCCCC1. The fourth-order valence-electron chi connectivity index (χ4n) is 2.51. The largest absolute Gasteiger partial charge is 0.438 e. The second-order valence-corrected chi connectivity index (χ2v) is 5.38. The zero-order valence-electron chi connectivity index (χ0n) is 11.2. The van der Waals surface area contributed by atoms with Crippen molar-refractivity contribution in [1.82, 2.24) is 10.3 Å². The standard InChI is InChI=1S/C14H22N2O2/c1-10(2)12-13(18-9-15-12)14(17)16-11-7-5-3-4-6-8-11/h9-11H,3-8H2,1-2H3,(H,16,17). The molecule has 1 aromatic heterocycles.